The third kappa shape index (κ3) is 3.52. The average Bonchev–Trinajstić information content (AvgIpc) is 3.07. The number of amides is 1. The standard InChI is InChI=1S/C25H25NO/c1-4-18-6-8-24-17(3)10-23(14-22(24)11-18)25(27)26-15-19-12-20-7-5-16(2)9-21(20)13-19/h5-14,21,24H,3-4,15H2,1-2H3,(H,26,27). The Labute approximate surface area is 161 Å². The summed E-state index contributed by atoms with van der Waals surface area (Å²) in [6.45, 7) is 8.97. The highest BCUT2D eigenvalue weighted by molar-refractivity contribution is 5.97. The molecule has 0 bridgehead atoms. The highest BCUT2D eigenvalue weighted by Gasteiger charge is 2.23. The second kappa shape index (κ2) is 7.03. The fraction of sp³-hybridized carbons (Fsp3) is 0.240. The Morgan fingerprint density at radius 2 is 1.89 bits per heavy atom. The van der Waals surface area contributed by atoms with E-state index in [-0.39, 0.29) is 11.8 Å². The van der Waals surface area contributed by atoms with Crippen LogP contribution in [0.2, 0.25) is 0 Å². The van der Waals surface area contributed by atoms with Crippen molar-refractivity contribution in [1.82, 2.24) is 5.32 Å². The van der Waals surface area contributed by atoms with Crippen LogP contribution < -0.4 is 5.32 Å². The average molecular weight is 355 g/mol. The molecule has 1 N–H and O–H groups in total. The summed E-state index contributed by atoms with van der Waals surface area (Å²) in [6, 6.07) is 0. The SMILES string of the molecule is C=C1C=C(C(=O)NCC2=CC3C=C(C)C=CC3=C2)C=C2C=C(CC)C=CC12. The van der Waals surface area contributed by atoms with Gasteiger partial charge in [-0.25, -0.2) is 0 Å². The number of fused-ring (bicyclic) bond motifs is 2. The molecule has 2 nitrogen and oxygen atoms in total. The maximum atomic E-state index is 12.7. The molecule has 4 aliphatic rings. The summed E-state index contributed by atoms with van der Waals surface area (Å²) in [6.07, 6.45) is 22.4. The van der Waals surface area contributed by atoms with E-state index in [1.165, 1.54) is 16.7 Å². The molecule has 2 unspecified atom stereocenters. The topological polar surface area (TPSA) is 29.1 Å². The molecule has 0 heterocycles. The van der Waals surface area contributed by atoms with E-state index in [0.717, 1.165) is 23.1 Å². The van der Waals surface area contributed by atoms with Crippen molar-refractivity contribution in [1.29, 1.82) is 0 Å². The molecule has 1 amide bonds. The molecular formula is C25H25NO. The first-order valence-electron chi connectivity index (χ1n) is 9.61. The van der Waals surface area contributed by atoms with Gasteiger partial charge >= 0.3 is 0 Å². The molecule has 2 atom stereocenters. The third-order valence-corrected chi connectivity index (χ3v) is 5.51. The van der Waals surface area contributed by atoms with Crippen molar-refractivity contribution in [2.24, 2.45) is 11.8 Å². The Kier molecular flexibility index (Phi) is 4.57. The van der Waals surface area contributed by atoms with Gasteiger partial charge in [-0.2, -0.15) is 0 Å². The van der Waals surface area contributed by atoms with Crippen molar-refractivity contribution in [2.45, 2.75) is 20.3 Å². The molecule has 0 aromatic rings. The third-order valence-electron chi connectivity index (χ3n) is 5.51. The zero-order chi connectivity index (χ0) is 19.0. The minimum Gasteiger partial charge on any atom is -0.348 e. The van der Waals surface area contributed by atoms with Crippen molar-refractivity contribution in [3.8, 4) is 0 Å². The van der Waals surface area contributed by atoms with Crippen LogP contribution in [-0.4, -0.2) is 12.5 Å². The fourth-order valence-corrected chi connectivity index (χ4v) is 3.96. The van der Waals surface area contributed by atoms with Crippen molar-refractivity contribution in [3.05, 3.63) is 106 Å². The first kappa shape index (κ1) is 17.5. The van der Waals surface area contributed by atoms with Crippen LogP contribution in [0, 0.1) is 11.8 Å². The highest BCUT2D eigenvalue weighted by atomic mass is 16.1. The predicted octanol–water partition coefficient (Wildman–Crippen LogP) is 5.05. The number of hydrogen-bond donors (Lipinski definition) is 1. The molecule has 0 aromatic carbocycles. The Balaban J connectivity index is 1.45. The minimum absolute atomic E-state index is 0.0421. The van der Waals surface area contributed by atoms with Crippen LogP contribution in [0.5, 0.6) is 0 Å². The summed E-state index contributed by atoms with van der Waals surface area (Å²) < 4.78 is 0. The van der Waals surface area contributed by atoms with Crippen LogP contribution in [-0.2, 0) is 4.79 Å². The Bertz CT molecular complexity index is 956. The van der Waals surface area contributed by atoms with Gasteiger partial charge in [-0.15, -0.1) is 0 Å². The summed E-state index contributed by atoms with van der Waals surface area (Å²) in [5.41, 5.74) is 7.85. The summed E-state index contributed by atoms with van der Waals surface area (Å²) in [7, 11) is 0. The van der Waals surface area contributed by atoms with E-state index in [1.807, 2.05) is 12.2 Å². The van der Waals surface area contributed by atoms with E-state index in [0.29, 0.717) is 18.0 Å². The predicted molar refractivity (Wildman–Crippen MR) is 112 cm³/mol. The Morgan fingerprint density at radius 3 is 2.70 bits per heavy atom. The minimum atomic E-state index is -0.0421. The quantitative estimate of drug-likeness (QED) is 0.751. The molecule has 4 rings (SSSR count). The van der Waals surface area contributed by atoms with E-state index >= 15 is 0 Å². The lowest BCUT2D eigenvalue weighted by Crippen LogP contribution is -2.27. The van der Waals surface area contributed by atoms with Gasteiger partial charge in [0.15, 0.2) is 0 Å². The summed E-state index contributed by atoms with van der Waals surface area (Å²) in [4.78, 5) is 12.7. The molecule has 0 aromatic heterocycles. The Hall–Kier alpha value is -2.87. The first-order chi connectivity index (χ1) is 13.0. The first-order valence-corrected chi connectivity index (χ1v) is 9.61. The summed E-state index contributed by atoms with van der Waals surface area (Å²) >= 11 is 0. The van der Waals surface area contributed by atoms with E-state index in [2.05, 4.69) is 74.4 Å². The number of rotatable bonds is 4. The molecular weight excluding hydrogens is 330 g/mol. The molecule has 0 saturated carbocycles. The molecule has 0 spiro atoms. The van der Waals surface area contributed by atoms with Crippen LogP contribution in [0.1, 0.15) is 20.3 Å². The largest absolute Gasteiger partial charge is 0.348 e. The zero-order valence-electron chi connectivity index (χ0n) is 16.0. The maximum absolute atomic E-state index is 12.7. The van der Waals surface area contributed by atoms with E-state index in [1.54, 1.807) is 0 Å². The molecule has 27 heavy (non-hydrogen) atoms. The van der Waals surface area contributed by atoms with Gasteiger partial charge in [0.25, 0.3) is 5.91 Å². The molecule has 0 saturated heterocycles. The van der Waals surface area contributed by atoms with Gasteiger partial charge in [-0.3, -0.25) is 4.79 Å². The lowest BCUT2D eigenvalue weighted by Gasteiger charge is -2.24. The van der Waals surface area contributed by atoms with Gasteiger partial charge in [-0.05, 0) is 53.4 Å². The van der Waals surface area contributed by atoms with Crippen molar-refractivity contribution < 1.29 is 4.79 Å². The fourth-order valence-electron chi connectivity index (χ4n) is 3.96. The van der Waals surface area contributed by atoms with Gasteiger partial charge in [-0.1, -0.05) is 67.7 Å². The van der Waals surface area contributed by atoms with Crippen LogP contribution in [0.3, 0.4) is 0 Å². The lowest BCUT2D eigenvalue weighted by atomic mass is 9.80. The molecule has 4 aliphatic carbocycles. The summed E-state index contributed by atoms with van der Waals surface area (Å²) in [5.74, 6) is 0.508. The number of hydrogen-bond acceptors (Lipinski definition) is 1. The molecule has 0 aliphatic heterocycles. The number of allylic oxidation sites excluding steroid dienone is 13. The van der Waals surface area contributed by atoms with Gasteiger partial charge in [0, 0.05) is 24.0 Å². The van der Waals surface area contributed by atoms with Crippen molar-refractivity contribution in [2.75, 3.05) is 6.54 Å². The van der Waals surface area contributed by atoms with Crippen LogP contribution >= 0.6 is 0 Å². The maximum Gasteiger partial charge on any atom is 0.251 e. The van der Waals surface area contributed by atoms with Gasteiger partial charge in [0.05, 0.1) is 0 Å². The van der Waals surface area contributed by atoms with Gasteiger partial charge < -0.3 is 5.32 Å². The lowest BCUT2D eigenvalue weighted by molar-refractivity contribution is -0.117. The van der Waals surface area contributed by atoms with Crippen LogP contribution in [0.25, 0.3) is 0 Å². The molecule has 136 valence electrons. The van der Waals surface area contributed by atoms with E-state index in [4.69, 9.17) is 0 Å². The zero-order valence-corrected chi connectivity index (χ0v) is 16.0. The Morgan fingerprint density at radius 1 is 1.04 bits per heavy atom. The summed E-state index contributed by atoms with van der Waals surface area (Å²) in [5, 5.41) is 3.07. The second-order valence-corrected chi connectivity index (χ2v) is 7.57. The van der Waals surface area contributed by atoms with Crippen LogP contribution in [0.4, 0.5) is 0 Å². The van der Waals surface area contributed by atoms with E-state index < -0.39 is 0 Å². The molecule has 2 heteroatoms. The van der Waals surface area contributed by atoms with Gasteiger partial charge in [0.2, 0.25) is 0 Å². The number of carbonyl (C=O) groups is 1. The van der Waals surface area contributed by atoms with E-state index in [9.17, 15) is 4.79 Å². The van der Waals surface area contributed by atoms with Crippen molar-refractivity contribution in [3.63, 3.8) is 0 Å². The number of nitrogens with one attached hydrogen (secondary N) is 1. The normalized spacial score (nSPS) is 25.5. The molecule has 0 radical (unpaired) electrons. The molecule has 0 fully saturated rings. The highest BCUT2D eigenvalue weighted by Crippen LogP contribution is 2.34. The monoisotopic (exact) mass is 355 g/mol. The number of carbonyl (C=O) groups excluding carboxylic acids is 1. The van der Waals surface area contributed by atoms with Gasteiger partial charge in [0.1, 0.15) is 0 Å². The van der Waals surface area contributed by atoms with Crippen molar-refractivity contribution >= 4 is 5.91 Å². The second-order valence-electron chi connectivity index (χ2n) is 7.57. The smallest absolute Gasteiger partial charge is 0.251 e. The van der Waals surface area contributed by atoms with Crippen LogP contribution in [0.15, 0.2) is 106 Å².